The van der Waals surface area contributed by atoms with Crippen molar-refractivity contribution in [1.29, 1.82) is 0 Å². The number of imide groups is 1. The van der Waals surface area contributed by atoms with Gasteiger partial charge in [0.1, 0.15) is 17.1 Å². The summed E-state index contributed by atoms with van der Waals surface area (Å²) in [4.78, 5) is 40.4. The largest absolute Gasteiger partial charge is 0.350 e. The molecule has 4 rings (SSSR count). The van der Waals surface area contributed by atoms with Crippen LogP contribution in [0.1, 0.15) is 29.4 Å². The molecule has 2 aromatic carbocycles. The number of benzene rings is 2. The normalized spacial score (nSPS) is 18.9. The lowest BCUT2D eigenvalue weighted by Crippen LogP contribution is -2.49. The molecule has 3 aromatic rings. The molecular weight excluding hydrogens is 375 g/mol. The molecule has 1 fully saturated rings. The van der Waals surface area contributed by atoms with Gasteiger partial charge in [-0.2, -0.15) is 5.01 Å². The predicted molar refractivity (Wildman–Crippen MR) is 104 cm³/mol. The highest BCUT2D eigenvalue weighted by Crippen LogP contribution is 2.23. The number of fused-ring (bicyclic) bond motifs is 1. The van der Waals surface area contributed by atoms with E-state index in [2.05, 4.69) is 15.7 Å². The minimum Gasteiger partial charge on any atom is -0.350 e. The Morgan fingerprint density at radius 1 is 1.14 bits per heavy atom. The molecule has 8 heteroatoms. The monoisotopic (exact) mass is 394 g/mol. The van der Waals surface area contributed by atoms with Crippen molar-refractivity contribution in [3.63, 3.8) is 0 Å². The summed E-state index contributed by atoms with van der Waals surface area (Å²) in [5.74, 6) is -1.73. The number of rotatable bonds is 5. The number of carbonyl (C=O) groups excluding carboxylic acids is 3. The maximum absolute atomic E-state index is 13.8. The summed E-state index contributed by atoms with van der Waals surface area (Å²) in [5.41, 5.74) is 2.71. The third-order valence-electron chi connectivity index (χ3n) is 5.09. The molecule has 7 nitrogen and oxygen atoms in total. The summed E-state index contributed by atoms with van der Waals surface area (Å²) in [5, 5.41) is 3.57. The van der Waals surface area contributed by atoms with Gasteiger partial charge in [-0.05, 0) is 43.5 Å². The summed E-state index contributed by atoms with van der Waals surface area (Å²) in [6.07, 6.45) is 0.970. The van der Waals surface area contributed by atoms with Gasteiger partial charge in [0.25, 0.3) is 11.8 Å². The van der Waals surface area contributed by atoms with Crippen molar-refractivity contribution in [1.82, 2.24) is 20.7 Å². The van der Waals surface area contributed by atoms with Gasteiger partial charge in [-0.3, -0.25) is 15.0 Å². The maximum atomic E-state index is 13.8. The zero-order chi connectivity index (χ0) is 20.6. The van der Waals surface area contributed by atoms with Crippen LogP contribution in [0.25, 0.3) is 10.9 Å². The van der Waals surface area contributed by atoms with Gasteiger partial charge in [-0.15, -0.1) is 0 Å². The molecule has 1 atom stereocenters. The van der Waals surface area contributed by atoms with E-state index in [0.29, 0.717) is 23.4 Å². The summed E-state index contributed by atoms with van der Waals surface area (Å²) in [6.45, 7) is 1.63. The fourth-order valence-electron chi connectivity index (χ4n) is 3.40. The van der Waals surface area contributed by atoms with Gasteiger partial charge in [0.05, 0.1) is 0 Å². The van der Waals surface area contributed by atoms with E-state index in [9.17, 15) is 18.8 Å². The number of hydrogen-bond acceptors (Lipinski definition) is 3. The van der Waals surface area contributed by atoms with Gasteiger partial charge in [0.2, 0.25) is 0 Å². The Kier molecular flexibility index (Phi) is 4.54. The second kappa shape index (κ2) is 7.05. The highest BCUT2D eigenvalue weighted by molar-refractivity contribution is 6.09. The number of urea groups is 1. The van der Waals surface area contributed by atoms with E-state index < -0.39 is 29.2 Å². The number of aromatic nitrogens is 1. The smallest absolute Gasteiger partial charge is 0.344 e. The number of hydrazine groups is 1. The minimum atomic E-state index is -1.13. The molecule has 1 aliphatic rings. The Bertz CT molecular complexity index is 1110. The number of nitrogens with zero attached hydrogens (tertiary/aromatic N) is 1. The summed E-state index contributed by atoms with van der Waals surface area (Å²) < 4.78 is 13.8. The molecular formula is C21H19FN4O3. The van der Waals surface area contributed by atoms with E-state index in [1.54, 1.807) is 13.0 Å². The molecule has 0 aliphatic carbocycles. The van der Waals surface area contributed by atoms with Crippen LogP contribution >= 0.6 is 0 Å². The molecule has 1 saturated heterocycles. The predicted octanol–water partition coefficient (Wildman–Crippen LogP) is 2.90. The molecule has 29 heavy (non-hydrogen) atoms. The van der Waals surface area contributed by atoms with E-state index >= 15 is 0 Å². The first kappa shape index (κ1) is 18.7. The number of aryl methyl sites for hydroxylation is 1. The first-order valence-electron chi connectivity index (χ1n) is 9.16. The number of amides is 4. The fourth-order valence-corrected chi connectivity index (χ4v) is 3.40. The summed E-state index contributed by atoms with van der Waals surface area (Å²) in [6, 6.07) is 14.7. The average Bonchev–Trinajstić information content (AvgIpc) is 3.24. The van der Waals surface area contributed by atoms with Crippen LogP contribution in [0.15, 0.2) is 54.6 Å². The Hall–Kier alpha value is -3.68. The molecule has 0 saturated carbocycles. The van der Waals surface area contributed by atoms with Crippen molar-refractivity contribution in [2.24, 2.45) is 0 Å². The molecule has 1 aliphatic heterocycles. The highest BCUT2D eigenvalue weighted by Gasteiger charge is 2.48. The second-order valence-corrected chi connectivity index (χ2v) is 7.21. The van der Waals surface area contributed by atoms with Gasteiger partial charge < -0.3 is 10.3 Å². The van der Waals surface area contributed by atoms with Gasteiger partial charge in [-0.1, -0.05) is 36.4 Å². The SMILES string of the molecule is CC1(CCc2ccccc2)NC(=O)N(NC(=O)c2cc3c(F)cccc3[nH]2)C1=O. The first-order chi connectivity index (χ1) is 13.9. The fraction of sp³-hybridized carbons (Fsp3) is 0.190. The molecule has 3 N–H and O–H groups in total. The van der Waals surface area contributed by atoms with E-state index in [1.807, 2.05) is 30.3 Å². The zero-order valence-corrected chi connectivity index (χ0v) is 15.7. The molecule has 1 aromatic heterocycles. The van der Waals surface area contributed by atoms with Crippen LogP contribution in [0.4, 0.5) is 9.18 Å². The van der Waals surface area contributed by atoms with Gasteiger partial charge in [0.15, 0.2) is 0 Å². The standard InChI is InChI=1S/C21H19FN4O3/c1-21(11-10-13-6-3-2-4-7-13)19(28)26(20(29)24-21)25-18(27)17-12-14-15(22)8-5-9-16(14)23-17/h2-9,12,23H,10-11H2,1H3,(H,24,29)(H,25,27). The van der Waals surface area contributed by atoms with Crippen molar-refractivity contribution >= 4 is 28.7 Å². The second-order valence-electron chi connectivity index (χ2n) is 7.21. The Morgan fingerprint density at radius 2 is 1.90 bits per heavy atom. The minimum absolute atomic E-state index is 0.0450. The number of aromatic amines is 1. The van der Waals surface area contributed by atoms with Crippen molar-refractivity contribution in [3.05, 3.63) is 71.7 Å². The van der Waals surface area contributed by atoms with Gasteiger partial charge in [-0.25, -0.2) is 9.18 Å². The third-order valence-corrected chi connectivity index (χ3v) is 5.09. The summed E-state index contributed by atoms with van der Waals surface area (Å²) in [7, 11) is 0. The average molecular weight is 394 g/mol. The van der Waals surface area contributed by atoms with Crippen LogP contribution in [0, 0.1) is 5.82 Å². The van der Waals surface area contributed by atoms with Crippen molar-refractivity contribution in [2.75, 3.05) is 0 Å². The Morgan fingerprint density at radius 3 is 2.62 bits per heavy atom. The number of nitrogens with one attached hydrogen (secondary N) is 3. The lowest BCUT2D eigenvalue weighted by atomic mass is 9.93. The number of carbonyl (C=O) groups is 3. The topological polar surface area (TPSA) is 94.3 Å². The van der Waals surface area contributed by atoms with Gasteiger partial charge >= 0.3 is 6.03 Å². The Labute approximate surface area is 165 Å². The molecule has 0 spiro atoms. The van der Waals surface area contributed by atoms with Crippen LogP contribution in [0.3, 0.4) is 0 Å². The van der Waals surface area contributed by atoms with E-state index in [-0.39, 0.29) is 11.1 Å². The summed E-state index contributed by atoms with van der Waals surface area (Å²) >= 11 is 0. The van der Waals surface area contributed by atoms with Gasteiger partial charge in [0, 0.05) is 10.9 Å². The molecule has 0 radical (unpaired) electrons. The van der Waals surface area contributed by atoms with Crippen molar-refractivity contribution in [3.8, 4) is 0 Å². The van der Waals surface area contributed by atoms with Crippen LogP contribution in [-0.4, -0.2) is 33.4 Å². The van der Waals surface area contributed by atoms with Crippen LogP contribution < -0.4 is 10.7 Å². The van der Waals surface area contributed by atoms with E-state index in [0.717, 1.165) is 5.56 Å². The molecule has 4 amide bonds. The zero-order valence-electron chi connectivity index (χ0n) is 15.7. The third kappa shape index (κ3) is 3.44. The van der Waals surface area contributed by atoms with Crippen LogP contribution in [-0.2, 0) is 11.2 Å². The van der Waals surface area contributed by atoms with Crippen LogP contribution in [0.2, 0.25) is 0 Å². The van der Waals surface area contributed by atoms with E-state index in [1.165, 1.54) is 18.2 Å². The Balaban J connectivity index is 1.48. The highest BCUT2D eigenvalue weighted by atomic mass is 19.1. The maximum Gasteiger partial charge on any atom is 0.344 e. The van der Waals surface area contributed by atoms with Crippen LogP contribution in [0.5, 0.6) is 0 Å². The molecule has 1 unspecified atom stereocenters. The van der Waals surface area contributed by atoms with Crippen molar-refractivity contribution < 1.29 is 18.8 Å². The molecule has 148 valence electrons. The lowest BCUT2D eigenvalue weighted by Gasteiger charge is -2.21. The molecule has 2 heterocycles. The number of hydrogen-bond donors (Lipinski definition) is 3. The quantitative estimate of drug-likeness (QED) is 0.581. The first-order valence-corrected chi connectivity index (χ1v) is 9.16. The van der Waals surface area contributed by atoms with Crippen molar-refractivity contribution in [2.45, 2.75) is 25.3 Å². The van der Waals surface area contributed by atoms with E-state index in [4.69, 9.17) is 0 Å². The molecule has 0 bridgehead atoms. The number of H-pyrrole nitrogens is 1. The number of halogens is 1. The lowest BCUT2D eigenvalue weighted by molar-refractivity contribution is -0.132.